The maximum atomic E-state index is 14.2. The van der Waals surface area contributed by atoms with Crippen LogP contribution in [-0.2, 0) is 0 Å². The van der Waals surface area contributed by atoms with E-state index in [0.29, 0.717) is 16.9 Å². The van der Waals surface area contributed by atoms with Crippen molar-refractivity contribution < 1.29 is 9.50 Å². The van der Waals surface area contributed by atoms with Gasteiger partial charge in [-0.1, -0.05) is 51.0 Å². The molecule has 7 atom stereocenters. The number of rotatable bonds is 1. The summed E-state index contributed by atoms with van der Waals surface area (Å²) in [4.78, 5) is 0. The van der Waals surface area contributed by atoms with Crippen LogP contribution in [0.1, 0.15) is 77.2 Å². The Hall–Kier alpha value is -1.15. The van der Waals surface area contributed by atoms with E-state index >= 15 is 0 Å². The van der Waals surface area contributed by atoms with Gasteiger partial charge in [-0.2, -0.15) is 0 Å². The van der Waals surface area contributed by atoms with Gasteiger partial charge < -0.3 is 5.11 Å². The van der Waals surface area contributed by atoms with Crippen molar-refractivity contribution in [3.8, 4) is 0 Å². The van der Waals surface area contributed by atoms with Gasteiger partial charge in [0, 0.05) is 11.0 Å². The molecule has 2 heteroatoms. The van der Waals surface area contributed by atoms with Gasteiger partial charge in [0.15, 0.2) is 0 Å². The van der Waals surface area contributed by atoms with Crippen molar-refractivity contribution in [3.05, 3.63) is 41.2 Å². The highest BCUT2D eigenvalue weighted by Crippen LogP contribution is 2.67. The normalized spacial score (nSPS) is 46.7. The first-order valence-electron chi connectivity index (χ1n) is 11.6. The van der Waals surface area contributed by atoms with E-state index in [2.05, 4.69) is 13.8 Å². The third kappa shape index (κ3) is 2.66. The van der Waals surface area contributed by atoms with E-state index in [9.17, 15) is 9.50 Å². The molecule has 4 aliphatic rings. The highest BCUT2D eigenvalue weighted by Gasteiger charge is 2.60. The molecule has 0 amide bonds. The van der Waals surface area contributed by atoms with Gasteiger partial charge in [-0.25, -0.2) is 4.39 Å². The Bertz CT molecular complexity index is 784. The fourth-order valence-electron chi connectivity index (χ4n) is 8.09. The maximum absolute atomic E-state index is 14.2. The molecule has 0 saturated heterocycles. The summed E-state index contributed by atoms with van der Waals surface area (Å²) in [5, 5.41) is 11.3. The molecule has 0 aliphatic heterocycles. The Labute approximate surface area is 169 Å². The second kappa shape index (κ2) is 6.69. The Balaban J connectivity index is 1.47. The second-order valence-electron chi connectivity index (χ2n) is 10.8. The first-order valence-corrected chi connectivity index (χ1v) is 11.6. The minimum absolute atomic E-state index is 0.0316. The van der Waals surface area contributed by atoms with Crippen molar-refractivity contribution in [3.63, 3.8) is 0 Å². The molecular formula is C26H35FO. The van der Waals surface area contributed by atoms with Gasteiger partial charge in [-0.15, -0.1) is 0 Å². The Morgan fingerprint density at radius 2 is 1.79 bits per heavy atom. The predicted octanol–water partition coefficient (Wildman–Crippen LogP) is 6.61. The van der Waals surface area contributed by atoms with Crippen LogP contribution in [0.3, 0.4) is 0 Å². The molecule has 0 radical (unpaired) electrons. The van der Waals surface area contributed by atoms with E-state index in [4.69, 9.17) is 0 Å². The van der Waals surface area contributed by atoms with Crippen LogP contribution in [0.5, 0.6) is 0 Å². The number of aliphatic hydroxyl groups is 1. The molecular weight excluding hydrogens is 347 g/mol. The summed E-state index contributed by atoms with van der Waals surface area (Å²) in [5.41, 5.74) is 2.18. The Kier molecular flexibility index (Phi) is 4.50. The summed E-state index contributed by atoms with van der Waals surface area (Å²) >= 11 is 0. The Morgan fingerprint density at radius 3 is 2.61 bits per heavy atom. The van der Waals surface area contributed by atoms with Crippen molar-refractivity contribution >= 4 is 6.08 Å². The molecule has 0 bridgehead atoms. The highest BCUT2D eigenvalue weighted by molar-refractivity contribution is 5.56. The van der Waals surface area contributed by atoms with Crippen LogP contribution >= 0.6 is 0 Å². The third-order valence-corrected chi connectivity index (χ3v) is 9.70. The molecule has 1 aromatic carbocycles. The predicted molar refractivity (Wildman–Crippen MR) is 112 cm³/mol. The number of benzene rings is 1. The lowest BCUT2D eigenvalue weighted by Crippen LogP contribution is -2.53. The second-order valence-corrected chi connectivity index (χ2v) is 10.8. The molecule has 5 rings (SSSR count). The fourth-order valence-corrected chi connectivity index (χ4v) is 8.09. The molecule has 0 spiro atoms. The summed E-state index contributed by atoms with van der Waals surface area (Å²) in [7, 11) is 0. The van der Waals surface area contributed by atoms with Gasteiger partial charge in [0.1, 0.15) is 5.82 Å². The monoisotopic (exact) mass is 382 g/mol. The average Bonchev–Trinajstić information content (AvgIpc) is 2.94. The van der Waals surface area contributed by atoms with Crippen LogP contribution in [0, 0.1) is 40.3 Å². The van der Waals surface area contributed by atoms with Crippen LogP contribution < -0.4 is 0 Å². The summed E-state index contributed by atoms with van der Waals surface area (Å²) < 4.78 is 14.2. The zero-order valence-corrected chi connectivity index (χ0v) is 17.5. The Morgan fingerprint density at radius 1 is 0.964 bits per heavy atom. The van der Waals surface area contributed by atoms with Gasteiger partial charge in [-0.3, -0.25) is 0 Å². The van der Waals surface area contributed by atoms with E-state index < -0.39 is 6.10 Å². The molecule has 1 N–H and O–H groups in total. The number of halogens is 1. The van der Waals surface area contributed by atoms with E-state index in [1.807, 2.05) is 18.2 Å². The largest absolute Gasteiger partial charge is 0.388 e. The topological polar surface area (TPSA) is 20.2 Å². The number of hydrogen-bond donors (Lipinski definition) is 1. The minimum atomic E-state index is -0.421. The molecule has 0 heterocycles. The zero-order valence-electron chi connectivity index (χ0n) is 17.5. The molecule has 4 fully saturated rings. The SMILES string of the molecule is C[C@]12CCCC[C@@H]1CC[C@H]1[C@H]2CC[C@@]2(C)[C@H](O)/C(=C\c3ccccc3F)C[C@H]12. The molecule has 4 aliphatic carbocycles. The molecule has 0 unspecified atom stereocenters. The van der Waals surface area contributed by atoms with E-state index in [-0.39, 0.29) is 11.2 Å². The number of hydrogen-bond acceptors (Lipinski definition) is 1. The van der Waals surface area contributed by atoms with Crippen LogP contribution in [-0.4, -0.2) is 11.2 Å². The van der Waals surface area contributed by atoms with Gasteiger partial charge in [-0.05, 0) is 85.7 Å². The standard InChI is InChI=1S/C26H35FO/c1-25-13-6-5-8-19(25)10-11-20-21(25)12-14-26(2)22(20)16-18(24(26)28)15-17-7-3-4-9-23(17)27/h3-4,7,9,15,19-22,24,28H,5-6,8,10-14,16H2,1-2H3/b18-15-/t19-,20+,21-,22-,24-,25+,26-/m1/s1. The zero-order chi connectivity index (χ0) is 19.5. The lowest BCUT2D eigenvalue weighted by atomic mass is 9.45. The highest BCUT2D eigenvalue weighted by atomic mass is 19.1. The van der Waals surface area contributed by atoms with E-state index in [0.717, 1.165) is 36.2 Å². The van der Waals surface area contributed by atoms with Gasteiger partial charge in [0.25, 0.3) is 0 Å². The van der Waals surface area contributed by atoms with Crippen molar-refractivity contribution in [2.75, 3.05) is 0 Å². The molecule has 0 aromatic heterocycles. The van der Waals surface area contributed by atoms with Crippen molar-refractivity contribution in [1.82, 2.24) is 0 Å². The average molecular weight is 383 g/mol. The quantitative estimate of drug-likeness (QED) is 0.579. The first-order chi connectivity index (χ1) is 13.4. The van der Waals surface area contributed by atoms with Gasteiger partial charge in [0.2, 0.25) is 0 Å². The minimum Gasteiger partial charge on any atom is -0.388 e. The van der Waals surface area contributed by atoms with Crippen LogP contribution in [0.2, 0.25) is 0 Å². The van der Waals surface area contributed by atoms with E-state index in [1.165, 1.54) is 51.0 Å². The summed E-state index contributed by atoms with van der Waals surface area (Å²) in [6, 6.07) is 6.96. The van der Waals surface area contributed by atoms with Gasteiger partial charge >= 0.3 is 0 Å². The number of fused-ring (bicyclic) bond motifs is 5. The first kappa shape index (κ1) is 18.9. The molecule has 28 heavy (non-hydrogen) atoms. The third-order valence-electron chi connectivity index (χ3n) is 9.70. The van der Waals surface area contributed by atoms with Gasteiger partial charge in [0.05, 0.1) is 6.10 Å². The fraction of sp³-hybridized carbons (Fsp3) is 0.692. The lowest BCUT2D eigenvalue weighted by Gasteiger charge is -2.60. The molecule has 152 valence electrons. The van der Waals surface area contributed by atoms with Crippen LogP contribution in [0.4, 0.5) is 4.39 Å². The lowest BCUT2D eigenvalue weighted by molar-refractivity contribution is -0.119. The molecule has 4 saturated carbocycles. The maximum Gasteiger partial charge on any atom is 0.130 e. The molecule has 1 aromatic rings. The van der Waals surface area contributed by atoms with Crippen LogP contribution in [0.15, 0.2) is 29.8 Å². The summed E-state index contributed by atoms with van der Waals surface area (Å²) in [6.45, 7) is 4.91. The van der Waals surface area contributed by atoms with E-state index in [1.54, 1.807) is 6.07 Å². The van der Waals surface area contributed by atoms with Crippen molar-refractivity contribution in [2.24, 2.45) is 34.5 Å². The van der Waals surface area contributed by atoms with Crippen LogP contribution in [0.25, 0.3) is 6.08 Å². The van der Waals surface area contributed by atoms with Crippen molar-refractivity contribution in [2.45, 2.75) is 77.7 Å². The summed E-state index contributed by atoms with van der Waals surface area (Å²) in [6.07, 6.45) is 13.3. The van der Waals surface area contributed by atoms with Crippen molar-refractivity contribution in [1.29, 1.82) is 0 Å². The molecule has 1 nitrogen and oxygen atoms in total. The number of aliphatic hydroxyl groups excluding tert-OH is 1. The smallest absolute Gasteiger partial charge is 0.130 e. The summed E-state index contributed by atoms with van der Waals surface area (Å²) in [5.74, 6) is 2.85.